The fourth-order valence-corrected chi connectivity index (χ4v) is 1.56. The molecule has 13 heavy (non-hydrogen) atoms. The van der Waals surface area contributed by atoms with Gasteiger partial charge in [0.25, 0.3) is 0 Å². The number of hydrogen-bond acceptors (Lipinski definition) is 3. The molecule has 1 fully saturated rings. The van der Waals surface area contributed by atoms with Gasteiger partial charge in [0.05, 0.1) is 5.54 Å². The lowest BCUT2D eigenvalue weighted by atomic mass is 9.89. The number of carbonyl (C=O) groups is 1. The summed E-state index contributed by atoms with van der Waals surface area (Å²) in [5.74, 6) is 5.52. The first kappa shape index (κ1) is 10.2. The second kappa shape index (κ2) is 4.40. The van der Waals surface area contributed by atoms with E-state index in [-0.39, 0.29) is 5.54 Å². The quantitative estimate of drug-likeness (QED) is 0.430. The molecule has 0 saturated carbocycles. The van der Waals surface area contributed by atoms with Crippen LogP contribution in [0, 0.1) is 11.8 Å². The van der Waals surface area contributed by atoms with Gasteiger partial charge in [-0.15, -0.1) is 0 Å². The van der Waals surface area contributed by atoms with E-state index in [1.807, 2.05) is 14.1 Å². The minimum absolute atomic E-state index is 0.154. The summed E-state index contributed by atoms with van der Waals surface area (Å²) in [6, 6.07) is 0. The zero-order valence-electron chi connectivity index (χ0n) is 8.17. The highest BCUT2D eigenvalue weighted by atomic mass is 16.5. The predicted molar refractivity (Wildman–Crippen MR) is 50.3 cm³/mol. The number of nitrogens with zero attached hydrogens (tertiary/aromatic N) is 1. The minimum Gasteiger partial charge on any atom is -0.381 e. The van der Waals surface area contributed by atoms with Crippen molar-refractivity contribution in [3.63, 3.8) is 0 Å². The van der Waals surface area contributed by atoms with Gasteiger partial charge in [-0.2, -0.15) is 0 Å². The molecular formula is C10H15NO2. The molecule has 3 heteroatoms. The molecule has 0 spiro atoms. The molecule has 1 aliphatic heterocycles. The molecule has 1 aliphatic rings. The van der Waals surface area contributed by atoms with Gasteiger partial charge in [-0.3, -0.25) is 9.69 Å². The highest BCUT2D eigenvalue weighted by molar-refractivity contribution is 5.73. The van der Waals surface area contributed by atoms with Crippen LogP contribution < -0.4 is 0 Å². The Bertz CT molecular complexity index is 231. The van der Waals surface area contributed by atoms with Gasteiger partial charge in [0.15, 0.2) is 6.29 Å². The van der Waals surface area contributed by atoms with Crippen LogP contribution >= 0.6 is 0 Å². The van der Waals surface area contributed by atoms with Gasteiger partial charge in [0.1, 0.15) is 0 Å². The van der Waals surface area contributed by atoms with Gasteiger partial charge in [0.2, 0.25) is 0 Å². The van der Waals surface area contributed by atoms with Crippen LogP contribution in [0.1, 0.15) is 12.8 Å². The van der Waals surface area contributed by atoms with Crippen molar-refractivity contribution in [1.82, 2.24) is 4.90 Å². The van der Waals surface area contributed by atoms with Crippen LogP contribution in [0.25, 0.3) is 0 Å². The smallest absolute Gasteiger partial charge is 0.192 e. The van der Waals surface area contributed by atoms with Gasteiger partial charge in [0, 0.05) is 26.1 Å². The van der Waals surface area contributed by atoms with Crippen LogP contribution in [-0.2, 0) is 9.53 Å². The lowest BCUT2D eigenvalue weighted by Crippen LogP contribution is -2.47. The minimum atomic E-state index is -0.154. The van der Waals surface area contributed by atoms with E-state index in [2.05, 4.69) is 16.7 Å². The highest BCUT2D eigenvalue weighted by Crippen LogP contribution is 2.24. The van der Waals surface area contributed by atoms with Crippen molar-refractivity contribution in [1.29, 1.82) is 0 Å². The van der Waals surface area contributed by atoms with E-state index < -0.39 is 0 Å². The van der Waals surface area contributed by atoms with Gasteiger partial charge in [-0.1, -0.05) is 5.92 Å². The summed E-state index contributed by atoms with van der Waals surface area (Å²) in [5, 5.41) is 0. The molecule has 0 aromatic carbocycles. The van der Waals surface area contributed by atoms with Crippen LogP contribution in [0.5, 0.6) is 0 Å². The van der Waals surface area contributed by atoms with Gasteiger partial charge in [-0.25, -0.2) is 0 Å². The zero-order chi connectivity index (χ0) is 9.73. The first-order valence-electron chi connectivity index (χ1n) is 4.43. The van der Waals surface area contributed by atoms with E-state index in [0.29, 0.717) is 6.29 Å². The molecule has 1 saturated heterocycles. The summed E-state index contributed by atoms with van der Waals surface area (Å²) >= 11 is 0. The highest BCUT2D eigenvalue weighted by Gasteiger charge is 2.32. The summed E-state index contributed by atoms with van der Waals surface area (Å²) in [7, 11) is 3.98. The third-order valence-electron chi connectivity index (χ3n) is 2.54. The lowest BCUT2D eigenvalue weighted by Gasteiger charge is -2.38. The Hall–Kier alpha value is -0.850. The summed E-state index contributed by atoms with van der Waals surface area (Å²) in [5.41, 5.74) is -0.154. The molecule has 0 bridgehead atoms. The summed E-state index contributed by atoms with van der Waals surface area (Å²) in [4.78, 5) is 12.3. The maximum absolute atomic E-state index is 10.2. The molecule has 0 aromatic rings. The zero-order valence-corrected chi connectivity index (χ0v) is 8.17. The van der Waals surface area contributed by atoms with E-state index in [0.717, 1.165) is 26.1 Å². The van der Waals surface area contributed by atoms with Crippen molar-refractivity contribution in [2.24, 2.45) is 0 Å². The molecule has 0 radical (unpaired) electrons. The molecule has 0 N–H and O–H groups in total. The van der Waals surface area contributed by atoms with Crippen molar-refractivity contribution in [3.8, 4) is 11.8 Å². The molecule has 72 valence electrons. The fraction of sp³-hybridized carbons (Fsp3) is 0.700. The average molecular weight is 181 g/mol. The van der Waals surface area contributed by atoms with Gasteiger partial charge >= 0.3 is 0 Å². The average Bonchev–Trinajstić information content (AvgIpc) is 2.16. The summed E-state index contributed by atoms with van der Waals surface area (Å²) in [6.45, 7) is 1.46. The van der Waals surface area contributed by atoms with E-state index in [1.165, 1.54) is 0 Å². The Kier molecular flexibility index (Phi) is 3.47. The van der Waals surface area contributed by atoms with Gasteiger partial charge < -0.3 is 4.74 Å². The normalized spacial score (nSPS) is 20.5. The Morgan fingerprint density at radius 3 is 2.46 bits per heavy atom. The summed E-state index contributed by atoms with van der Waals surface area (Å²) < 4.78 is 5.27. The maximum atomic E-state index is 10.2. The number of hydrogen-bond donors (Lipinski definition) is 0. The molecular weight excluding hydrogens is 166 g/mol. The first-order valence-corrected chi connectivity index (χ1v) is 4.43. The van der Waals surface area contributed by atoms with Crippen LogP contribution in [0.3, 0.4) is 0 Å². The van der Waals surface area contributed by atoms with Gasteiger partial charge in [-0.05, 0) is 20.0 Å². The maximum Gasteiger partial charge on any atom is 0.192 e. The second-order valence-corrected chi connectivity index (χ2v) is 3.43. The molecule has 3 nitrogen and oxygen atoms in total. The van der Waals surface area contributed by atoms with E-state index in [9.17, 15) is 4.79 Å². The Morgan fingerprint density at radius 1 is 1.38 bits per heavy atom. The van der Waals surface area contributed by atoms with Crippen LogP contribution in [0.2, 0.25) is 0 Å². The van der Waals surface area contributed by atoms with Crippen LogP contribution in [-0.4, -0.2) is 44.0 Å². The Balaban J connectivity index is 2.78. The fourth-order valence-electron chi connectivity index (χ4n) is 1.56. The number of rotatable bonds is 1. The first-order chi connectivity index (χ1) is 6.21. The second-order valence-electron chi connectivity index (χ2n) is 3.43. The van der Waals surface area contributed by atoms with Crippen molar-refractivity contribution in [3.05, 3.63) is 0 Å². The monoisotopic (exact) mass is 181 g/mol. The number of aldehydes is 1. The SMILES string of the molecule is CN(C)C1(C#CC=O)CCOCC1. The van der Waals surface area contributed by atoms with E-state index in [4.69, 9.17) is 4.74 Å². The third-order valence-corrected chi connectivity index (χ3v) is 2.54. The topological polar surface area (TPSA) is 29.5 Å². The Morgan fingerprint density at radius 2 is 2.00 bits per heavy atom. The molecule has 0 amide bonds. The van der Waals surface area contributed by atoms with E-state index in [1.54, 1.807) is 0 Å². The summed E-state index contributed by atoms with van der Waals surface area (Å²) in [6.07, 6.45) is 2.41. The van der Waals surface area contributed by atoms with Crippen molar-refractivity contribution >= 4 is 6.29 Å². The largest absolute Gasteiger partial charge is 0.381 e. The van der Waals surface area contributed by atoms with Crippen LogP contribution in [0.4, 0.5) is 0 Å². The van der Waals surface area contributed by atoms with Crippen molar-refractivity contribution < 1.29 is 9.53 Å². The van der Waals surface area contributed by atoms with Crippen molar-refractivity contribution in [2.75, 3.05) is 27.3 Å². The Labute approximate surface area is 79.1 Å². The van der Waals surface area contributed by atoms with Crippen LogP contribution in [0.15, 0.2) is 0 Å². The molecule has 1 rings (SSSR count). The third kappa shape index (κ3) is 2.30. The van der Waals surface area contributed by atoms with Crippen molar-refractivity contribution in [2.45, 2.75) is 18.4 Å². The predicted octanol–water partition coefficient (Wildman–Crippen LogP) is 0.299. The van der Waals surface area contributed by atoms with E-state index >= 15 is 0 Å². The number of ether oxygens (including phenoxy) is 1. The molecule has 0 aliphatic carbocycles. The molecule has 0 unspecified atom stereocenters. The standard InChI is InChI=1S/C10H15NO2/c1-11(2)10(4-3-7-12)5-8-13-9-6-10/h7H,5-6,8-9H2,1-2H3. The number of carbonyl (C=O) groups excluding carboxylic acids is 1. The molecule has 0 atom stereocenters. The molecule has 0 aromatic heterocycles. The lowest BCUT2D eigenvalue weighted by molar-refractivity contribution is -0.103. The molecule has 1 heterocycles.